The molecule has 0 aromatic heterocycles. The van der Waals surface area contributed by atoms with Crippen molar-refractivity contribution in [1.82, 2.24) is 5.32 Å². The van der Waals surface area contributed by atoms with Gasteiger partial charge < -0.3 is 26.6 Å². The Balaban J connectivity index is 1.32. The number of rotatable bonds is 6. The summed E-state index contributed by atoms with van der Waals surface area (Å²) in [4.78, 5) is 0. The van der Waals surface area contributed by atoms with Gasteiger partial charge in [0.15, 0.2) is 0 Å². The smallest absolute Gasteiger partial charge is 0.0934 e. The maximum Gasteiger partial charge on any atom is 0.0934 e. The lowest BCUT2D eigenvalue weighted by molar-refractivity contribution is -0.315. The van der Waals surface area contributed by atoms with Crippen LogP contribution in [-0.2, 0) is 4.74 Å². The maximum atomic E-state index is 10.1. The number of nitrogens with two attached hydrogens (primary N) is 2. The number of hydrogen-bond acceptors (Lipinski definition) is 5. The molecule has 4 aliphatic carbocycles. The second-order valence-electron chi connectivity index (χ2n) is 14.5. The molecule has 7 rings (SSSR count). The molecule has 0 aromatic rings. The number of nitrogens with one attached hydrogen (secondary N) is 1. The monoisotopic (exact) mass is 511 g/mol. The van der Waals surface area contributed by atoms with Crippen LogP contribution in [0.4, 0.5) is 0 Å². The number of aliphatic hydroxyl groups is 1. The molecule has 0 amide bonds. The lowest BCUT2D eigenvalue weighted by Crippen LogP contribution is -2.74. The van der Waals surface area contributed by atoms with E-state index in [9.17, 15) is 5.11 Å². The summed E-state index contributed by atoms with van der Waals surface area (Å²) in [6, 6.07) is 0. The van der Waals surface area contributed by atoms with E-state index in [2.05, 4.69) is 30.6 Å². The van der Waals surface area contributed by atoms with Crippen molar-refractivity contribution in [2.45, 2.75) is 139 Å². The second kappa shape index (κ2) is 9.94. The number of aliphatic hydroxyl groups excluding tert-OH is 1. The van der Waals surface area contributed by atoms with E-state index in [0.29, 0.717) is 29.1 Å². The van der Waals surface area contributed by atoms with Crippen LogP contribution in [-0.4, -0.2) is 34.6 Å². The number of dihydropyridines is 1. The van der Waals surface area contributed by atoms with Gasteiger partial charge in [-0.2, -0.15) is 0 Å². The number of hydrogen-bond donors (Lipinski definition) is 4. The Kier molecular flexibility index (Phi) is 7.08. The van der Waals surface area contributed by atoms with Crippen molar-refractivity contribution in [3.05, 3.63) is 23.9 Å². The van der Waals surface area contributed by atoms with Crippen LogP contribution in [0.5, 0.6) is 0 Å². The highest BCUT2D eigenvalue weighted by Crippen LogP contribution is 2.65. The van der Waals surface area contributed by atoms with E-state index in [-0.39, 0.29) is 29.5 Å². The molecular weight excluding hydrogens is 458 g/mol. The molecule has 1 spiro atoms. The first kappa shape index (κ1) is 26.3. The Bertz CT molecular complexity index is 890. The van der Waals surface area contributed by atoms with Gasteiger partial charge in [-0.3, -0.25) is 0 Å². The predicted molar refractivity (Wildman–Crippen MR) is 149 cm³/mol. The molecule has 5 heteroatoms. The summed E-state index contributed by atoms with van der Waals surface area (Å²) in [6.45, 7) is 2.63. The van der Waals surface area contributed by atoms with Crippen molar-refractivity contribution in [2.75, 3.05) is 6.61 Å². The van der Waals surface area contributed by atoms with Crippen LogP contribution in [0.1, 0.15) is 116 Å². The fourth-order valence-electron chi connectivity index (χ4n) is 10.7. The van der Waals surface area contributed by atoms with Gasteiger partial charge in [-0.1, -0.05) is 38.2 Å². The average molecular weight is 512 g/mol. The van der Waals surface area contributed by atoms with Crippen molar-refractivity contribution in [1.29, 1.82) is 0 Å². The minimum Gasteiger partial charge on any atom is -0.396 e. The third kappa shape index (κ3) is 4.74. The van der Waals surface area contributed by atoms with Crippen molar-refractivity contribution < 1.29 is 9.84 Å². The summed E-state index contributed by atoms with van der Waals surface area (Å²) in [5, 5.41) is 13.5. The van der Waals surface area contributed by atoms with Gasteiger partial charge in [0.25, 0.3) is 0 Å². The number of allylic oxidation sites excluding steroid dienone is 2. The molecule has 208 valence electrons. The molecule has 7 atom stereocenters. The largest absolute Gasteiger partial charge is 0.396 e. The van der Waals surface area contributed by atoms with E-state index in [0.717, 1.165) is 25.7 Å². The molecule has 1 unspecified atom stereocenters. The van der Waals surface area contributed by atoms with Crippen LogP contribution in [0, 0.1) is 29.1 Å². The summed E-state index contributed by atoms with van der Waals surface area (Å²) in [5.41, 5.74) is 14.7. The Morgan fingerprint density at radius 1 is 1.03 bits per heavy atom. The van der Waals surface area contributed by atoms with Crippen LogP contribution in [0.15, 0.2) is 23.9 Å². The van der Waals surface area contributed by atoms with Crippen LogP contribution < -0.4 is 16.8 Å². The lowest BCUT2D eigenvalue weighted by Gasteiger charge is -2.68. The van der Waals surface area contributed by atoms with E-state index >= 15 is 0 Å². The lowest BCUT2D eigenvalue weighted by atomic mass is 9.49. The average Bonchev–Trinajstić information content (AvgIpc) is 3.32. The summed E-state index contributed by atoms with van der Waals surface area (Å²) in [7, 11) is 0. The van der Waals surface area contributed by atoms with E-state index < -0.39 is 0 Å². The highest BCUT2D eigenvalue weighted by atomic mass is 16.5. The summed E-state index contributed by atoms with van der Waals surface area (Å²) < 4.78 is 7.62. The minimum absolute atomic E-state index is 0.0598. The van der Waals surface area contributed by atoms with E-state index in [1.165, 1.54) is 89.0 Å². The molecule has 6 N–H and O–H groups in total. The molecule has 3 heterocycles. The molecule has 0 radical (unpaired) electrons. The number of ether oxygens (including phenoxy) is 1. The highest BCUT2D eigenvalue weighted by molar-refractivity contribution is 5.25. The van der Waals surface area contributed by atoms with Crippen molar-refractivity contribution in [2.24, 2.45) is 40.6 Å². The van der Waals surface area contributed by atoms with Crippen molar-refractivity contribution in [3.8, 4) is 0 Å². The van der Waals surface area contributed by atoms with E-state index in [4.69, 9.17) is 16.2 Å². The van der Waals surface area contributed by atoms with Gasteiger partial charge >= 0.3 is 0 Å². The third-order valence-electron chi connectivity index (χ3n) is 12.2. The Morgan fingerprint density at radius 3 is 2.51 bits per heavy atom. The molecule has 2 saturated heterocycles. The van der Waals surface area contributed by atoms with Gasteiger partial charge in [-0.05, 0) is 119 Å². The van der Waals surface area contributed by atoms with Crippen LogP contribution in [0.2, 0.25) is 0 Å². The zero-order valence-electron chi connectivity index (χ0n) is 23.4. The first-order valence-corrected chi connectivity index (χ1v) is 15.8. The summed E-state index contributed by atoms with van der Waals surface area (Å²) in [5.74, 6) is 2.23. The van der Waals surface area contributed by atoms with E-state index in [1.807, 2.05) is 0 Å². The zero-order valence-corrected chi connectivity index (χ0v) is 23.4. The maximum absolute atomic E-state index is 10.1. The fraction of sp³-hybridized carbons (Fsp3) is 0.875. The Labute approximate surface area is 225 Å². The fourth-order valence-corrected chi connectivity index (χ4v) is 10.7. The van der Waals surface area contributed by atoms with Crippen molar-refractivity contribution in [3.63, 3.8) is 0 Å². The number of fused-ring (bicyclic) bond motifs is 3. The summed E-state index contributed by atoms with van der Waals surface area (Å²) in [6.07, 6.45) is 27.7. The molecule has 0 aromatic carbocycles. The summed E-state index contributed by atoms with van der Waals surface area (Å²) >= 11 is 0. The zero-order chi connectivity index (χ0) is 25.7. The van der Waals surface area contributed by atoms with Crippen LogP contribution in [0.3, 0.4) is 0 Å². The van der Waals surface area contributed by atoms with Gasteiger partial charge in [0.05, 0.1) is 17.4 Å². The standard InChI is InChI=1S/C32H53N3O2/c1-29(25-7-3-2-4-8-25)27-11-14-32(37-29,22-31(27,34)15-16-36)26-18-24(17-23-9-10-28(33)35-21-23)19-30(20-26)12-5-6-13-30/h9-10,21,24-28,35-36H,2-8,11-20,22,33-34H2,1H3/t24-,26-,27+,28?,29-,31+,32+/m1/s1. The molecular formula is C32H53N3O2. The SMILES string of the molecule is C[C@]1(C2CCCCC2)O[C@@]2([C@@H]3C[C@@H](CC4=CNC(N)C=C4)CC4(CCCC4)C3)CC[C@@H]1[C@](N)(CCO)C2. The molecule has 2 bridgehead atoms. The predicted octanol–water partition coefficient (Wildman–Crippen LogP) is 5.67. The van der Waals surface area contributed by atoms with E-state index in [1.54, 1.807) is 0 Å². The van der Waals surface area contributed by atoms with Gasteiger partial charge in [0.2, 0.25) is 0 Å². The quantitative estimate of drug-likeness (QED) is 0.369. The van der Waals surface area contributed by atoms with Gasteiger partial charge in [-0.15, -0.1) is 0 Å². The Morgan fingerprint density at radius 2 is 1.81 bits per heavy atom. The van der Waals surface area contributed by atoms with Crippen LogP contribution >= 0.6 is 0 Å². The van der Waals surface area contributed by atoms with Crippen molar-refractivity contribution >= 4 is 0 Å². The molecule has 37 heavy (non-hydrogen) atoms. The Hall–Kier alpha value is -0.880. The molecule has 4 saturated carbocycles. The third-order valence-corrected chi connectivity index (χ3v) is 12.2. The minimum atomic E-state index is -0.304. The van der Waals surface area contributed by atoms with Gasteiger partial charge in [-0.25, -0.2) is 0 Å². The first-order valence-electron chi connectivity index (χ1n) is 15.8. The van der Waals surface area contributed by atoms with Crippen LogP contribution in [0.25, 0.3) is 0 Å². The van der Waals surface area contributed by atoms with Gasteiger partial charge in [0.1, 0.15) is 0 Å². The highest BCUT2D eigenvalue weighted by Gasteiger charge is 2.66. The molecule has 5 nitrogen and oxygen atoms in total. The van der Waals surface area contributed by atoms with Gasteiger partial charge in [0, 0.05) is 24.3 Å². The molecule has 3 aliphatic heterocycles. The molecule has 7 aliphatic rings. The normalized spacial score (nSPS) is 45.7. The first-order chi connectivity index (χ1) is 17.8. The topological polar surface area (TPSA) is 93.5 Å². The second-order valence-corrected chi connectivity index (χ2v) is 14.5. The molecule has 6 fully saturated rings.